The van der Waals surface area contributed by atoms with Gasteiger partial charge in [-0.1, -0.05) is 12.1 Å². The number of phenols is 1. The standard InChI is InChI=1S/C17H20N4O.BrH/c1-21(10-4-5-11-21)13-14-7-8-15(16(22)12-14)19-20-17-6-2-3-9-18-17;/h2-3,6-9,12H,4-5,10-11,13H2,1H3;1H. The molecule has 1 aliphatic rings. The van der Waals surface area contributed by atoms with E-state index >= 15 is 0 Å². The fourth-order valence-electron chi connectivity index (χ4n) is 2.97. The summed E-state index contributed by atoms with van der Waals surface area (Å²) < 4.78 is 1.05. The number of likely N-dealkylation sites (tertiary alicyclic amines) is 1. The number of aromatic hydroxyl groups is 1. The van der Waals surface area contributed by atoms with Crippen LogP contribution in [0.3, 0.4) is 0 Å². The highest BCUT2D eigenvalue weighted by molar-refractivity contribution is 5.52. The molecule has 1 fully saturated rings. The molecule has 0 amide bonds. The molecule has 1 saturated heterocycles. The van der Waals surface area contributed by atoms with E-state index in [-0.39, 0.29) is 22.7 Å². The van der Waals surface area contributed by atoms with Crippen molar-refractivity contribution in [3.8, 4) is 5.75 Å². The van der Waals surface area contributed by atoms with Crippen LogP contribution in [0.5, 0.6) is 5.75 Å². The second kappa shape index (κ2) is 7.66. The number of pyridine rings is 1. The molecule has 0 radical (unpaired) electrons. The number of aromatic nitrogens is 1. The van der Waals surface area contributed by atoms with Gasteiger partial charge in [-0.25, -0.2) is 4.98 Å². The van der Waals surface area contributed by atoms with E-state index in [1.807, 2.05) is 24.3 Å². The number of benzene rings is 1. The Hall–Kier alpha value is -1.79. The molecule has 0 atom stereocenters. The predicted molar refractivity (Wildman–Crippen MR) is 85.4 cm³/mol. The predicted octanol–water partition coefficient (Wildman–Crippen LogP) is 0.947. The van der Waals surface area contributed by atoms with Crippen LogP contribution in [0.15, 0.2) is 52.8 Å². The first-order chi connectivity index (χ1) is 10.6. The maximum Gasteiger partial charge on any atom is 0.174 e. The van der Waals surface area contributed by atoms with Crippen LogP contribution in [0.1, 0.15) is 18.4 Å². The third-order valence-corrected chi connectivity index (χ3v) is 4.16. The van der Waals surface area contributed by atoms with Crippen LogP contribution < -0.4 is 17.0 Å². The summed E-state index contributed by atoms with van der Waals surface area (Å²) in [7, 11) is 2.28. The minimum absolute atomic E-state index is 0. The van der Waals surface area contributed by atoms with Crippen molar-refractivity contribution < 1.29 is 26.6 Å². The molecule has 1 aliphatic heterocycles. The Morgan fingerprint density at radius 2 is 1.91 bits per heavy atom. The summed E-state index contributed by atoms with van der Waals surface area (Å²) in [5, 5.41) is 18.3. The van der Waals surface area contributed by atoms with Gasteiger partial charge in [0.2, 0.25) is 0 Å². The molecule has 3 rings (SSSR count). The summed E-state index contributed by atoms with van der Waals surface area (Å²) in [6, 6.07) is 11.1. The van der Waals surface area contributed by atoms with Crippen molar-refractivity contribution in [2.24, 2.45) is 10.2 Å². The number of halogens is 1. The van der Waals surface area contributed by atoms with Gasteiger partial charge in [0.1, 0.15) is 18.0 Å². The molecule has 122 valence electrons. The van der Waals surface area contributed by atoms with Gasteiger partial charge in [-0.15, -0.1) is 10.2 Å². The molecule has 5 nitrogen and oxygen atoms in total. The number of quaternary nitrogens is 1. The van der Waals surface area contributed by atoms with E-state index in [1.54, 1.807) is 18.3 Å². The summed E-state index contributed by atoms with van der Waals surface area (Å²) >= 11 is 0. The van der Waals surface area contributed by atoms with Gasteiger partial charge in [0.15, 0.2) is 5.82 Å². The van der Waals surface area contributed by atoms with Gasteiger partial charge in [-0.2, -0.15) is 0 Å². The Morgan fingerprint density at radius 1 is 1.13 bits per heavy atom. The Bertz CT molecular complexity index is 670. The highest BCUT2D eigenvalue weighted by Crippen LogP contribution is 2.30. The van der Waals surface area contributed by atoms with Gasteiger partial charge in [-0.3, -0.25) is 0 Å². The van der Waals surface area contributed by atoms with E-state index in [9.17, 15) is 5.11 Å². The highest BCUT2D eigenvalue weighted by Gasteiger charge is 2.27. The number of hydrogen-bond acceptors (Lipinski definition) is 4. The lowest BCUT2D eigenvalue weighted by Gasteiger charge is -2.29. The molecule has 1 N–H and O–H groups in total. The molecule has 23 heavy (non-hydrogen) atoms. The Kier molecular flexibility index (Phi) is 5.85. The van der Waals surface area contributed by atoms with Crippen LogP contribution in [-0.2, 0) is 6.54 Å². The van der Waals surface area contributed by atoms with Gasteiger partial charge in [0.25, 0.3) is 0 Å². The van der Waals surface area contributed by atoms with Crippen LogP contribution in [0.4, 0.5) is 11.5 Å². The SMILES string of the molecule is C[N+]1(Cc2ccc(N=Nc3ccccn3)c(O)c2)CCCC1.[Br-]. The minimum atomic E-state index is 0. The fourth-order valence-corrected chi connectivity index (χ4v) is 2.97. The van der Waals surface area contributed by atoms with Gasteiger partial charge in [0.05, 0.1) is 20.1 Å². The summed E-state index contributed by atoms with van der Waals surface area (Å²) in [6.45, 7) is 3.37. The first kappa shape index (κ1) is 17.6. The molecule has 0 aliphatic carbocycles. The van der Waals surface area contributed by atoms with Crippen molar-refractivity contribution in [2.75, 3.05) is 20.1 Å². The first-order valence-corrected chi connectivity index (χ1v) is 7.63. The lowest BCUT2D eigenvalue weighted by Crippen LogP contribution is -3.00. The van der Waals surface area contributed by atoms with E-state index < -0.39 is 0 Å². The summed E-state index contributed by atoms with van der Waals surface area (Å²) in [5.74, 6) is 0.698. The van der Waals surface area contributed by atoms with E-state index in [1.165, 1.54) is 25.9 Å². The fraction of sp³-hybridized carbons (Fsp3) is 0.353. The van der Waals surface area contributed by atoms with E-state index in [0.29, 0.717) is 11.5 Å². The third kappa shape index (κ3) is 4.59. The van der Waals surface area contributed by atoms with Crippen molar-refractivity contribution in [3.05, 3.63) is 48.2 Å². The van der Waals surface area contributed by atoms with Crippen LogP contribution in [-0.4, -0.2) is 34.7 Å². The molecule has 0 bridgehead atoms. The molecule has 1 aromatic heterocycles. The summed E-state index contributed by atoms with van der Waals surface area (Å²) in [6.07, 6.45) is 4.25. The molecular weight excluding hydrogens is 356 g/mol. The van der Waals surface area contributed by atoms with E-state index in [4.69, 9.17) is 0 Å². The highest BCUT2D eigenvalue weighted by atomic mass is 79.9. The molecule has 0 unspecified atom stereocenters. The monoisotopic (exact) mass is 376 g/mol. The molecular formula is C17H21BrN4O. The zero-order valence-electron chi connectivity index (χ0n) is 13.2. The molecule has 0 spiro atoms. The number of hydrogen-bond donors (Lipinski definition) is 1. The first-order valence-electron chi connectivity index (χ1n) is 7.63. The van der Waals surface area contributed by atoms with Crippen LogP contribution in [0.2, 0.25) is 0 Å². The van der Waals surface area contributed by atoms with Crippen LogP contribution in [0.25, 0.3) is 0 Å². The number of rotatable bonds is 4. The molecule has 2 aromatic rings. The van der Waals surface area contributed by atoms with Crippen molar-refractivity contribution >= 4 is 11.5 Å². The average molecular weight is 377 g/mol. The van der Waals surface area contributed by atoms with Crippen LogP contribution in [0, 0.1) is 0 Å². The Labute approximate surface area is 147 Å². The largest absolute Gasteiger partial charge is 1.00 e. The normalized spacial score (nSPS) is 16.4. The number of phenolic OH excluding ortho intramolecular Hbond substituents is 1. The van der Waals surface area contributed by atoms with Gasteiger partial charge >= 0.3 is 0 Å². The third-order valence-electron chi connectivity index (χ3n) is 4.16. The zero-order chi connectivity index (χ0) is 15.4. The van der Waals surface area contributed by atoms with Crippen LogP contribution >= 0.6 is 0 Å². The Morgan fingerprint density at radius 3 is 2.57 bits per heavy atom. The summed E-state index contributed by atoms with van der Waals surface area (Å²) in [5.41, 5.74) is 1.61. The minimum Gasteiger partial charge on any atom is -1.00 e. The van der Waals surface area contributed by atoms with Gasteiger partial charge in [-0.05, 0) is 24.3 Å². The van der Waals surface area contributed by atoms with E-state index in [2.05, 4.69) is 22.3 Å². The molecule has 6 heteroatoms. The van der Waals surface area contributed by atoms with E-state index in [0.717, 1.165) is 16.6 Å². The smallest absolute Gasteiger partial charge is 0.174 e. The maximum atomic E-state index is 10.1. The number of nitrogens with zero attached hydrogens (tertiary/aromatic N) is 4. The lowest BCUT2D eigenvalue weighted by atomic mass is 10.1. The van der Waals surface area contributed by atoms with Crippen molar-refractivity contribution in [2.45, 2.75) is 19.4 Å². The maximum absolute atomic E-state index is 10.1. The van der Waals surface area contributed by atoms with Gasteiger partial charge in [0, 0.05) is 24.6 Å². The van der Waals surface area contributed by atoms with Crippen molar-refractivity contribution in [1.29, 1.82) is 0 Å². The zero-order valence-corrected chi connectivity index (χ0v) is 14.8. The topological polar surface area (TPSA) is 57.8 Å². The number of azo groups is 1. The quantitative estimate of drug-likeness (QED) is 0.637. The van der Waals surface area contributed by atoms with Gasteiger partial charge < -0.3 is 26.6 Å². The second-order valence-corrected chi connectivity index (χ2v) is 6.14. The molecule has 1 aromatic carbocycles. The molecule has 2 heterocycles. The summed E-state index contributed by atoms with van der Waals surface area (Å²) in [4.78, 5) is 4.07. The molecule has 0 saturated carbocycles. The van der Waals surface area contributed by atoms with Crippen molar-refractivity contribution in [3.63, 3.8) is 0 Å². The average Bonchev–Trinajstić information content (AvgIpc) is 2.94. The van der Waals surface area contributed by atoms with Crippen molar-refractivity contribution in [1.82, 2.24) is 4.98 Å². The lowest BCUT2D eigenvalue weighted by molar-refractivity contribution is -0.910. The Balaban J connectivity index is 0.00000192. The second-order valence-electron chi connectivity index (χ2n) is 6.14.